The van der Waals surface area contributed by atoms with Crippen LogP contribution in [0.5, 0.6) is 0 Å². The summed E-state index contributed by atoms with van der Waals surface area (Å²) in [6, 6.07) is 24.4. The second-order valence-electron chi connectivity index (χ2n) is 7.03. The first kappa shape index (κ1) is 22.5. The van der Waals surface area contributed by atoms with Gasteiger partial charge < -0.3 is 10.1 Å². The van der Waals surface area contributed by atoms with Gasteiger partial charge in [0.25, 0.3) is 15.9 Å². The highest BCUT2D eigenvalue weighted by molar-refractivity contribution is 7.92. The van der Waals surface area contributed by atoms with E-state index < -0.39 is 10.0 Å². The van der Waals surface area contributed by atoms with E-state index >= 15 is 0 Å². The largest absolute Gasteiger partial charge is 0.374 e. The Balaban J connectivity index is 1.43. The second kappa shape index (κ2) is 10.7. The molecular weight excluding hydrogens is 412 g/mol. The summed E-state index contributed by atoms with van der Waals surface area (Å²) < 4.78 is 33.0. The van der Waals surface area contributed by atoms with Crippen LogP contribution in [-0.4, -0.2) is 27.5 Å². The van der Waals surface area contributed by atoms with Gasteiger partial charge in [0, 0.05) is 24.4 Å². The Bertz CT molecular complexity index is 1070. The van der Waals surface area contributed by atoms with Crippen molar-refractivity contribution < 1.29 is 17.9 Å². The van der Waals surface area contributed by atoms with E-state index in [0.717, 1.165) is 5.56 Å². The lowest BCUT2D eigenvalue weighted by molar-refractivity contribution is 0.0635. The Morgan fingerprint density at radius 1 is 0.903 bits per heavy atom. The van der Waals surface area contributed by atoms with Crippen molar-refractivity contribution in [1.82, 2.24) is 5.32 Å². The number of anilines is 1. The van der Waals surface area contributed by atoms with Gasteiger partial charge in [0.15, 0.2) is 0 Å². The fourth-order valence-corrected chi connectivity index (χ4v) is 4.04. The number of benzene rings is 3. The molecular formula is C24H26N2O4S. The maximum absolute atomic E-state index is 12.4. The molecule has 6 nitrogen and oxygen atoms in total. The third-order valence-corrected chi connectivity index (χ3v) is 6.09. The van der Waals surface area contributed by atoms with Gasteiger partial charge in [-0.2, -0.15) is 0 Å². The van der Waals surface area contributed by atoms with Gasteiger partial charge in [0.1, 0.15) is 0 Å². The molecule has 0 spiro atoms. The van der Waals surface area contributed by atoms with Crippen molar-refractivity contribution in [2.24, 2.45) is 0 Å². The van der Waals surface area contributed by atoms with Gasteiger partial charge in [-0.25, -0.2) is 8.42 Å². The lowest BCUT2D eigenvalue weighted by Crippen LogP contribution is -2.25. The highest BCUT2D eigenvalue weighted by atomic mass is 32.2. The molecule has 0 aromatic heterocycles. The van der Waals surface area contributed by atoms with Crippen molar-refractivity contribution in [3.8, 4) is 0 Å². The predicted octanol–water partition coefficient (Wildman–Crippen LogP) is 4.39. The molecule has 0 heterocycles. The van der Waals surface area contributed by atoms with Gasteiger partial charge in [0.05, 0.1) is 11.0 Å². The molecule has 1 atom stereocenters. The van der Waals surface area contributed by atoms with Crippen molar-refractivity contribution in [3.05, 3.63) is 96.1 Å². The lowest BCUT2D eigenvalue weighted by atomic mass is 10.1. The zero-order valence-corrected chi connectivity index (χ0v) is 18.1. The molecule has 0 bridgehead atoms. The van der Waals surface area contributed by atoms with Crippen molar-refractivity contribution in [2.45, 2.75) is 24.3 Å². The van der Waals surface area contributed by atoms with Gasteiger partial charge in [0.2, 0.25) is 0 Å². The summed E-state index contributed by atoms with van der Waals surface area (Å²) >= 11 is 0. The number of hydrogen-bond donors (Lipinski definition) is 2. The number of carbonyl (C=O) groups is 1. The lowest BCUT2D eigenvalue weighted by Gasteiger charge is -2.13. The predicted molar refractivity (Wildman–Crippen MR) is 121 cm³/mol. The van der Waals surface area contributed by atoms with Crippen LogP contribution >= 0.6 is 0 Å². The Morgan fingerprint density at radius 3 is 2.16 bits per heavy atom. The fraction of sp³-hybridized carbons (Fsp3) is 0.208. The molecule has 0 saturated carbocycles. The van der Waals surface area contributed by atoms with Crippen LogP contribution in [0.15, 0.2) is 89.8 Å². The minimum atomic E-state index is -3.66. The van der Waals surface area contributed by atoms with E-state index in [1.54, 1.807) is 42.5 Å². The van der Waals surface area contributed by atoms with Crippen LogP contribution in [0.25, 0.3) is 0 Å². The summed E-state index contributed by atoms with van der Waals surface area (Å²) in [5.41, 5.74) is 1.97. The molecule has 0 aliphatic heterocycles. The molecule has 3 aromatic rings. The Morgan fingerprint density at radius 2 is 1.52 bits per heavy atom. The number of hydrogen-bond acceptors (Lipinski definition) is 4. The molecule has 7 heteroatoms. The average molecular weight is 439 g/mol. The van der Waals surface area contributed by atoms with Crippen LogP contribution in [-0.2, 0) is 14.8 Å². The van der Waals surface area contributed by atoms with Gasteiger partial charge in [-0.1, -0.05) is 48.5 Å². The molecule has 3 aromatic carbocycles. The van der Waals surface area contributed by atoms with E-state index in [2.05, 4.69) is 10.0 Å². The summed E-state index contributed by atoms with van der Waals surface area (Å²) in [6.07, 6.45) is 0.696. The number of nitrogens with one attached hydrogen (secondary N) is 2. The molecule has 2 N–H and O–H groups in total. The molecule has 3 rings (SSSR count). The van der Waals surface area contributed by atoms with Crippen LogP contribution in [0.3, 0.4) is 0 Å². The number of sulfonamides is 1. The van der Waals surface area contributed by atoms with Gasteiger partial charge in [-0.3, -0.25) is 9.52 Å². The second-order valence-corrected chi connectivity index (χ2v) is 8.71. The molecule has 1 unspecified atom stereocenters. The van der Waals surface area contributed by atoms with Gasteiger partial charge >= 0.3 is 0 Å². The molecule has 0 aliphatic carbocycles. The van der Waals surface area contributed by atoms with Crippen LogP contribution in [0, 0.1) is 0 Å². The van der Waals surface area contributed by atoms with E-state index in [-0.39, 0.29) is 16.9 Å². The summed E-state index contributed by atoms with van der Waals surface area (Å²) in [4.78, 5) is 12.5. The zero-order valence-electron chi connectivity index (χ0n) is 17.3. The minimum Gasteiger partial charge on any atom is -0.374 e. The number of amides is 1. The van der Waals surface area contributed by atoms with Crippen LogP contribution in [0.2, 0.25) is 0 Å². The maximum atomic E-state index is 12.4. The molecule has 0 saturated heterocycles. The highest BCUT2D eigenvalue weighted by Crippen LogP contribution is 2.17. The zero-order chi connectivity index (χ0) is 22.1. The third kappa shape index (κ3) is 6.67. The van der Waals surface area contributed by atoms with Crippen molar-refractivity contribution in [2.75, 3.05) is 17.9 Å². The first-order valence-electron chi connectivity index (χ1n) is 10.1. The smallest absolute Gasteiger partial charge is 0.261 e. The number of rotatable bonds is 10. The maximum Gasteiger partial charge on any atom is 0.261 e. The topological polar surface area (TPSA) is 84.5 Å². The van der Waals surface area contributed by atoms with Crippen molar-refractivity contribution in [1.29, 1.82) is 0 Å². The normalized spacial score (nSPS) is 12.2. The minimum absolute atomic E-state index is 0.00381. The van der Waals surface area contributed by atoms with Crippen molar-refractivity contribution >= 4 is 21.6 Å². The van der Waals surface area contributed by atoms with E-state index in [0.29, 0.717) is 30.8 Å². The van der Waals surface area contributed by atoms with Crippen LogP contribution in [0.4, 0.5) is 5.69 Å². The van der Waals surface area contributed by atoms with E-state index in [1.165, 1.54) is 12.1 Å². The first-order valence-corrected chi connectivity index (χ1v) is 11.6. The standard InChI is InChI=1S/C24H26N2O4S/c1-19(20-9-4-2-5-10-20)30-18-8-17-25-24(27)21-13-15-22(16-14-21)26-31(28,29)23-11-6-3-7-12-23/h2-7,9-16,19,26H,8,17-18H2,1H3,(H,25,27). The molecule has 0 aliphatic rings. The number of carbonyl (C=O) groups excluding carboxylic acids is 1. The van der Waals surface area contributed by atoms with Gasteiger partial charge in [-0.05, 0) is 55.3 Å². The molecule has 162 valence electrons. The molecule has 0 fully saturated rings. The van der Waals surface area contributed by atoms with Crippen LogP contribution in [0.1, 0.15) is 35.4 Å². The summed E-state index contributed by atoms with van der Waals surface area (Å²) in [7, 11) is -3.66. The number of ether oxygens (including phenoxy) is 1. The highest BCUT2D eigenvalue weighted by Gasteiger charge is 2.14. The molecule has 0 radical (unpaired) electrons. The summed E-state index contributed by atoms with van der Waals surface area (Å²) in [5.74, 6) is -0.214. The quantitative estimate of drug-likeness (QED) is 0.460. The first-order chi connectivity index (χ1) is 15.0. The van der Waals surface area contributed by atoms with Crippen molar-refractivity contribution in [3.63, 3.8) is 0 Å². The molecule has 1 amide bonds. The average Bonchev–Trinajstić information content (AvgIpc) is 2.80. The van der Waals surface area contributed by atoms with Gasteiger partial charge in [-0.15, -0.1) is 0 Å². The summed E-state index contributed by atoms with van der Waals surface area (Å²) in [5, 5.41) is 2.85. The third-order valence-electron chi connectivity index (χ3n) is 4.70. The molecule has 31 heavy (non-hydrogen) atoms. The van der Waals surface area contributed by atoms with E-state index in [4.69, 9.17) is 4.74 Å². The Hall–Kier alpha value is -3.16. The van der Waals surface area contributed by atoms with Crippen LogP contribution < -0.4 is 10.0 Å². The monoisotopic (exact) mass is 438 g/mol. The Kier molecular flexibility index (Phi) is 7.81. The fourth-order valence-electron chi connectivity index (χ4n) is 2.96. The van der Waals surface area contributed by atoms with E-state index in [1.807, 2.05) is 37.3 Å². The Labute approximate surface area is 183 Å². The van der Waals surface area contributed by atoms with E-state index in [9.17, 15) is 13.2 Å². The summed E-state index contributed by atoms with van der Waals surface area (Å²) in [6.45, 7) is 3.03. The SMILES string of the molecule is CC(OCCCNC(=O)c1ccc(NS(=O)(=O)c2ccccc2)cc1)c1ccccc1.